The molecule has 1 aliphatic carbocycles. The van der Waals surface area contributed by atoms with Crippen molar-refractivity contribution in [3.8, 4) is 0 Å². The molecule has 0 spiro atoms. The van der Waals surface area contributed by atoms with Crippen LogP contribution in [-0.4, -0.2) is 18.2 Å². The fourth-order valence-corrected chi connectivity index (χ4v) is 3.42. The minimum Gasteiger partial charge on any atom is -0.378 e. The summed E-state index contributed by atoms with van der Waals surface area (Å²) in [7, 11) is 0. The Morgan fingerprint density at radius 1 is 1.31 bits per heavy atom. The summed E-state index contributed by atoms with van der Waals surface area (Å²) in [5.41, 5.74) is 6.68. The molecule has 94 valence electrons. The van der Waals surface area contributed by atoms with Gasteiger partial charge in [0, 0.05) is 12.1 Å². The van der Waals surface area contributed by atoms with E-state index in [2.05, 4.69) is 6.92 Å². The van der Waals surface area contributed by atoms with Gasteiger partial charge in [-0.3, -0.25) is 0 Å². The largest absolute Gasteiger partial charge is 0.378 e. The molecule has 3 unspecified atom stereocenters. The van der Waals surface area contributed by atoms with E-state index in [4.69, 9.17) is 10.5 Å². The molecule has 1 heterocycles. The molecule has 0 radical (unpaired) electrons. The molecule has 2 rings (SSSR count). The van der Waals surface area contributed by atoms with Crippen molar-refractivity contribution in [1.29, 1.82) is 0 Å². The van der Waals surface area contributed by atoms with E-state index in [1.807, 2.05) is 0 Å². The molecule has 1 saturated heterocycles. The molecule has 0 amide bonds. The molecule has 0 aromatic heterocycles. The lowest BCUT2D eigenvalue weighted by molar-refractivity contribution is 0.0887. The van der Waals surface area contributed by atoms with Crippen molar-refractivity contribution < 1.29 is 4.74 Å². The SMILES string of the molecule is CCC1CCCC(N)(CCC2CCCO2)C1. The summed E-state index contributed by atoms with van der Waals surface area (Å²) in [5.74, 6) is 0.878. The highest BCUT2D eigenvalue weighted by molar-refractivity contribution is 4.91. The van der Waals surface area contributed by atoms with Crippen LogP contribution in [-0.2, 0) is 4.74 Å². The zero-order valence-corrected chi connectivity index (χ0v) is 10.7. The smallest absolute Gasteiger partial charge is 0.0576 e. The second-order valence-corrected chi connectivity index (χ2v) is 5.91. The van der Waals surface area contributed by atoms with Gasteiger partial charge in [-0.05, 0) is 44.4 Å². The van der Waals surface area contributed by atoms with E-state index >= 15 is 0 Å². The minimum atomic E-state index is 0.130. The van der Waals surface area contributed by atoms with Crippen LogP contribution in [0.1, 0.15) is 64.7 Å². The van der Waals surface area contributed by atoms with Crippen LogP contribution in [0, 0.1) is 5.92 Å². The third-order valence-electron chi connectivity index (χ3n) is 4.55. The Labute approximate surface area is 99.9 Å². The van der Waals surface area contributed by atoms with Crippen LogP contribution in [0.5, 0.6) is 0 Å². The van der Waals surface area contributed by atoms with E-state index < -0.39 is 0 Å². The van der Waals surface area contributed by atoms with Crippen molar-refractivity contribution in [2.75, 3.05) is 6.61 Å². The van der Waals surface area contributed by atoms with E-state index in [0.29, 0.717) is 6.10 Å². The maximum absolute atomic E-state index is 6.55. The second kappa shape index (κ2) is 5.50. The van der Waals surface area contributed by atoms with Gasteiger partial charge in [0.1, 0.15) is 0 Å². The third kappa shape index (κ3) is 3.21. The third-order valence-corrected chi connectivity index (χ3v) is 4.55. The molecule has 2 heteroatoms. The van der Waals surface area contributed by atoms with Crippen molar-refractivity contribution in [3.05, 3.63) is 0 Å². The summed E-state index contributed by atoms with van der Waals surface area (Å²) < 4.78 is 5.69. The predicted octanol–water partition coefficient (Wildman–Crippen LogP) is 3.24. The molecule has 3 atom stereocenters. The fourth-order valence-electron chi connectivity index (χ4n) is 3.42. The molecule has 0 aromatic carbocycles. The summed E-state index contributed by atoms with van der Waals surface area (Å²) in [6.07, 6.45) is 11.9. The minimum absolute atomic E-state index is 0.130. The molecular formula is C14H27NO. The van der Waals surface area contributed by atoms with Crippen LogP contribution in [0.3, 0.4) is 0 Å². The first-order chi connectivity index (χ1) is 7.72. The van der Waals surface area contributed by atoms with Gasteiger partial charge in [0.05, 0.1) is 6.10 Å². The molecule has 2 N–H and O–H groups in total. The van der Waals surface area contributed by atoms with Crippen LogP contribution in [0.15, 0.2) is 0 Å². The summed E-state index contributed by atoms with van der Waals surface area (Å²) in [5, 5.41) is 0. The van der Waals surface area contributed by atoms with Gasteiger partial charge in [-0.15, -0.1) is 0 Å². The Balaban J connectivity index is 1.77. The molecule has 2 nitrogen and oxygen atoms in total. The highest BCUT2D eigenvalue weighted by atomic mass is 16.5. The highest BCUT2D eigenvalue weighted by Gasteiger charge is 2.32. The lowest BCUT2D eigenvalue weighted by Crippen LogP contribution is -2.44. The number of hydrogen-bond acceptors (Lipinski definition) is 2. The number of hydrogen-bond donors (Lipinski definition) is 1. The zero-order chi connectivity index (χ0) is 11.4. The molecule has 1 aliphatic heterocycles. The van der Waals surface area contributed by atoms with E-state index in [1.165, 1.54) is 57.8 Å². The molecule has 0 bridgehead atoms. The zero-order valence-electron chi connectivity index (χ0n) is 10.7. The first-order valence-corrected chi connectivity index (χ1v) is 7.12. The van der Waals surface area contributed by atoms with E-state index in [-0.39, 0.29) is 5.54 Å². The molecule has 2 fully saturated rings. The van der Waals surface area contributed by atoms with Crippen molar-refractivity contribution >= 4 is 0 Å². The number of ether oxygens (including phenoxy) is 1. The Kier molecular flexibility index (Phi) is 4.26. The molecular weight excluding hydrogens is 198 g/mol. The van der Waals surface area contributed by atoms with E-state index in [0.717, 1.165) is 12.5 Å². The van der Waals surface area contributed by atoms with Gasteiger partial charge >= 0.3 is 0 Å². The van der Waals surface area contributed by atoms with Gasteiger partial charge in [0.2, 0.25) is 0 Å². The average molecular weight is 225 g/mol. The van der Waals surface area contributed by atoms with Gasteiger partial charge in [0.15, 0.2) is 0 Å². The van der Waals surface area contributed by atoms with Crippen molar-refractivity contribution in [3.63, 3.8) is 0 Å². The van der Waals surface area contributed by atoms with Crippen molar-refractivity contribution in [2.45, 2.75) is 76.4 Å². The maximum Gasteiger partial charge on any atom is 0.0576 e. The summed E-state index contributed by atoms with van der Waals surface area (Å²) >= 11 is 0. The summed E-state index contributed by atoms with van der Waals surface area (Å²) in [6, 6.07) is 0. The van der Waals surface area contributed by atoms with Crippen LogP contribution in [0.4, 0.5) is 0 Å². The van der Waals surface area contributed by atoms with E-state index in [1.54, 1.807) is 0 Å². The number of rotatable bonds is 4. The fraction of sp³-hybridized carbons (Fsp3) is 1.00. The molecule has 1 saturated carbocycles. The molecule has 16 heavy (non-hydrogen) atoms. The van der Waals surface area contributed by atoms with Crippen LogP contribution in [0.25, 0.3) is 0 Å². The normalized spacial score (nSPS) is 40.1. The maximum atomic E-state index is 6.55. The van der Waals surface area contributed by atoms with Crippen molar-refractivity contribution in [2.24, 2.45) is 11.7 Å². The van der Waals surface area contributed by atoms with Crippen LogP contribution < -0.4 is 5.73 Å². The van der Waals surface area contributed by atoms with Gasteiger partial charge in [-0.2, -0.15) is 0 Å². The average Bonchev–Trinajstić information content (AvgIpc) is 2.79. The first kappa shape index (κ1) is 12.4. The van der Waals surface area contributed by atoms with Crippen LogP contribution in [0.2, 0.25) is 0 Å². The Hall–Kier alpha value is -0.0800. The molecule has 0 aromatic rings. The van der Waals surface area contributed by atoms with Gasteiger partial charge in [0.25, 0.3) is 0 Å². The van der Waals surface area contributed by atoms with Gasteiger partial charge in [-0.1, -0.05) is 26.2 Å². The first-order valence-electron chi connectivity index (χ1n) is 7.12. The van der Waals surface area contributed by atoms with Gasteiger partial charge in [-0.25, -0.2) is 0 Å². The standard InChI is InChI=1S/C14H27NO/c1-2-12-5-3-8-14(15,11-12)9-7-13-6-4-10-16-13/h12-13H,2-11,15H2,1H3. The second-order valence-electron chi connectivity index (χ2n) is 5.91. The lowest BCUT2D eigenvalue weighted by Gasteiger charge is -2.38. The molecule has 2 aliphatic rings. The summed E-state index contributed by atoms with van der Waals surface area (Å²) in [6.45, 7) is 3.27. The Bertz CT molecular complexity index is 213. The number of nitrogens with two attached hydrogens (primary N) is 1. The van der Waals surface area contributed by atoms with E-state index in [9.17, 15) is 0 Å². The monoisotopic (exact) mass is 225 g/mol. The Morgan fingerprint density at radius 2 is 2.19 bits per heavy atom. The lowest BCUT2D eigenvalue weighted by atomic mass is 9.73. The predicted molar refractivity (Wildman–Crippen MR) is 67.4 cm³/mol. The quantitative estimate of drug-likeness (QED) is 0.797. The van der Waals surface area contributed by atoms with Crippen molar-refractivity contribution in [1.82, 2.24) is 0 Å². The van der Waals surface area contributed by atoms with Gasteiger partial charge < -0.3 is 10.5 Å². The summed E-state index contributed by atoms with van der Waals surface area (Å²) in [4.78, 5) is 0. The highest BCUT2D eigenvalue weighted by Crippen LogP contribution is 2.36. The van der Waals surface area contributed by atoms with Crippen LogP contribution >= 0.6 is 0 Å². The topological polar surface area (TPSA) is 35.2 Å². The Morgan fingerprint density at radius 3 is 2.88 bits per heavy atom.